The molecule has 2 unspecified atom stereocenters. The first-order chi connectivity index (χ1) is 17.4. The summed E-state index contributed by atoms with van der Waals surface area (Å²) < 4.78 is 36.2. The van der Waals surface area contributed by atoms with E-state index in [9.17, 15) is 28.2 Å². The fraction of sp³-hybridized carbons (Fsp3) is 0.308. The molecular formula is C26H32N2O8S. The predicted octanol–water partition coefficient (Wildman–Crippen LogP) is 2.30. The molecule has 11 heteroatoms. The van der Waals surface area contributed by atoms with Crippen molar-refractivity contribution >= 4 is 33.2 Å². The second-order valence-electron chi connectivity index (χ2n) is 8.39. The summed E-state index contributed by atoms with van der Waals surface area (Å²) >= 11 is 0. The zero-order chi connectivity index (χ0) is 27.6. The van der Waals surface area contributed by atoms with Crippen molar-refractivity contribution in [3.8, 4) is 0 Å². The topological polar surface area (TPSA) is 151 Å². The fourth-order valence-corrected chi connectivity index (χ4v) is 4.21. The third-order valence-corrected chi connectivity index (χ3v) is 6.63. The van der Waals surface area contributed by atoms with Gasteiger partial charge in [0.2, 0.25) is 9.84 Å². The van der Waals surface area contributed by atoms with Crippen LogP contribution in [0, 0.1) is 0 Å². The number of benzene rings is 2. The Morgan fingerprint density at radius 3 is 1.54 bits per heavy atom. The first-order valence-corrected chi connectivity index (χ1v) is 12.8. The number of sulfone groups is 1. The van der Waals surface area contributed by atoms with Gasteiger partial charge in [0.15, 0.2) is 0 Å². The number of hydrogen-bond acceptors (Lipinski definition) is 10. The molecule has 2 rings (SSSR count). The number of aliphatic hydroxyl groups is 2. The van der Waals surface area contributed by atoms with Crippen LogP contribution < -0.4 is 10.6 Å². The van der Waals surface area contributed by atoms with Gasteiger partial charge in [0.05, 0.1) is 9.79 Å². The van der Waals surface area contributed by atoms with E-state index in [0.717, 1.165) is 0 Å². The number of carbonyl (C=O) groups is 2. The summed E-state index contributed by atoms with van der Waals surface area (Å²) in [6.07, 6.45) is -2.02. The van der Waals surface area contributed by atoms with Gasteiger partial charge in [-0.1, -0.05) is 25.3 Å². The zero-order valence-corrected chi connectivity index (χ0v) is 21.6. The minimum atomic E-state index is -3.89. The van der Waals surface area contributed by atoms with E-state index < -0.39 is 34.0 Å². The minimum Gasteiger partial charge on any atom is -0.460 e. The Balaban J connectivity index is 2.01. The summed E-state index contributed by atoms with van der Waals surface area (Å²) in [5.41, 5.74) is 1.34. The van der Waals surface area contributed by atoms with E-state index in [4.69, 9.17) is 9.47 Å². The number of aliphatic hydroxyl groups excluding tert-OH is 2. The van der Waals surface area contributed by atoms with Crippen LogP contribution in [0.1, 0.15) is 13.8 Å². The van der Waals surface area contributed by atoms with Crippen molar-refractivity contribution in [3.63, 3.8) is 0 Å². The van der Waals surface area contributed by atoms with Gasteiger partial charge >= 0.3 is 11.9 Å². The highest BCUT2D eigenvalue weighted by Crippen LogP contribution is 2.25. The minimum absolute atomic E-state index is 0.0242. The lowest BCUT2D eigenvalue weighted by Crippen LogP contribution is -2.26. The van der Waals surface area contributed by atoms with Gasteiger partial charge in [0.25, 0.3) is 0 Å². The van der Waals surface area contributed by atoms with Crippen molar-refractivity contribution in [1.29, 1.82) is 0 Å². The molecule has 4 N–H and O–H groups in total. The SMILES string of the molecule is C=C(C)C(=O)OCC(O)CNc1cccc(S(=O)(=O)c2cccc(NCC(O)COC(=O)C(=C)C)c2)c1. The molecule has 10 nitrogen and oxygen atoms in total. The lowest BCUT2D eigenvalue weighted by Gasteiger charge is -2.15. The Morgan fingerprint density at radius 2 is 1.19 bits per heavy atom. The highest BCUT2D eigenvalue weighted by molar-refractivity contribution is 7.91. The molecule has 2 atom stereocenters. The molecule has 0 bridgehead atoms. The quantitative estimate of drug-likeness (QED) is 0.211. The second kappa shape index (κ2) is 13.6. The van der Waals surface area contributed by atoms with Crippen molar-refractivity contribution in [2.24, 2.45) is 0 Å². The number of nitrogens with one attached hydrogen (secondary N) is 2. The molecule has 0 aliphatic heterocycles. The third kappa shape index (κ3) is 9.37. The Labute approximate surface area is 216 Å². The van der Waals surface area contributed by atoms with Gasteiger partial charge < -0.3 is 30.3 Å². The van der Waals surface area contributed by atoms with Gasteiger partial charge in [-0.15, -0.1) is 0 Å². The van der Waals surface area contributed by atoms with E-state index in [1.807, 2.05) is 0 Å². The highest BCUT2D eigenvalue weighted by Gasteiger charge is 2.19. The van der Waals surface area contributed by atoms with Gasteiger partial charge in [-0.25, -0.2) is 18.0 Å². The average molecular weight is 533 g/mol. The lowest BCUT2D eigenvalue weighted by molar-refractivity contribution is -0.142. The average Bonchev–Trinajstić information content (AvgIpc) is 2.88. The number of rotatable bonds is 14. The van der Waals surface area contributed by atoms with E-state index >= 15 is 0 Å². The number of hydrogen-bond donors (Lipinski definition) is 4. The lowest BCUT2D eigenvalue weighted by atomic mass is 10.3. The summed E-state index contributed by atoms with van der Waals surface area (Å²) in [5.74, 6) is -1.21. The number of anilines is 2. The number of carbonyl (C=O) groups excluding carboxylic acids is 2. The summed E-state index contributed by atoms with van der Waals surface area (Å²) in [5, 5.41) is 25.9. The molecular weight excluding hydrogens is 500 g/mol. The van der Waals surface area contributed by atoms with E-state index in [-0.39, 0.29) is 47.2 Å². The Morgan fingerprint density at radius 1 is 0.811 bits per heavy atom. The van der Waals surface area contributed by atoms with Gasteiger partial charge in [0, 0.05) is 35.6 Å². The number of ether oxygens (including phenoxy) is 2. The molecule has 37 heavy (non-hydrogen) atoms. The van der Waals surface area contributed by atoms with Crippen molar-refractivity contribution < 1.29 is 37.7 Å². The Bertz CT molecular complexity index is 1150. The molecule has 0 saturated carbocycles. The molecule has 2 aromatic carbocycles. The van der Waals surface area contributed by atoms with Gasteiger partial charge in [-0.3, -0.25) is 0 Å². The van der Waals surface area contributed by atoms with Gasteiger partial charge in [0.1, 0.15) is 25.4 Å². The largest absolute Gasteiger partial charge is 0.460 e. The maximum Gasteiger partial charge on any atom is 0.333 e. The highest BCUT2D eigenvalue weighted by atomic mass is 32.2. The van der Waals surface area contributed by atoms with Gasteiger partial charge in [-0.2, -0.15) is 0 Å². The van der Waals surface area contributed by atoms with Crippen molar-refractivity contribution in [3.05, 3.63) is 72.8 Å². The fourth-order valence-electron chi connectivity index (χ4n) is 2.86. The summed E-state index contributed by atoms with van der Waals surface area (Å²) in [4.78, 5) is 22.9. The standard InChI is InChI=1S/C26H32N2O8S/c1-17(2)25(31)35-15-21(29)13-27-19-7-5-9-23(11-19)37(33,34)24-10-6-8-20(12-24)28-14-22(30)16-36-26(32)18(3)4/h5-12,21-22,27-30H,1,3,13-16H2,2,4H3. The molecule has 0 fully saturated rings. The van der Waals surface area contributed by atoms with Crippen LogP contribution in [-0.2, 0) is 28.9 Å². The van der Waals surface area contributed by atoms with Crippen LogP contribution in [0.25, 0.3) is 0 Å². The van der Waals surface area contributed by atoms with Crippen LogP contribution in [0.4, 0.5) is 11.4 Å². The molecule has 0 amide bonds. The molecule has 0 heterocycles. The molecule has 200 valence electrons. The Hall–Kier alpha value is -3.67. The normalized spacial score (nSPS) is 12.6. The Kier molecular flexibility index (Phi) is 10.9. The molecule has 0 aromatic heterocycles. The van der Waals surface area contributed by atoms with Crippen molar-refractivity contribution in [1.82, 2.24) is 0 Å². The maximum absolute atomic E-state index is 13.2. The van der Waals surface area contributed by atoms with Crippen molar-refractivity contribution in [2.45, 2.75) is 35.8 Å². The van der Waals surface area contributed by atoms with Gasteiger partial charge in [-0.05, 0) is 50.2 Å². The molecule has 0 radical (unpaired) electrons. The van der Waals surface area contributed by atoms with E-state index in [1.165, 1.54) is 38.1 Å². The summed E-state index contributed by atoms with van der Waals surface area (Å²) in [6, 6.07) is 12.2. The van der Waals surface area contributed by atoms with Crippen LogP contribution in [0.3, 0.4) is 0 Å². The summed E-state index contributed by atoms with van der Waals surface area (Å²) in [7, 11) is -3.89. The first kappa shape index (κ1) is 29.6. The molecule has 2 aromatic rings. The predicted molar refractivity (Wildman–Crippen MR) is 139 cm³/mol. The van der Waals surface area contributed by atoms with E-state index in [2.05, 4.69) is 23.8 Å². The van der Waals surface area contributed by atoms with Crippen LogP contribution in [-0.4, -0.2) is 69.1 Å². The third-order valence-electron chi connectivity index (χ3n) is 4.88. The van der Waals surface area contributed by atoms with Crippen LogP contribution >= 0.6 is 0 Å². The van der Waals surface area contributed by atoms with Crippen LogP contribution in [0.5, 0.6) is 0 Å². The maximum atomic E-state index is 13.2. The summed E-state index contributed by atoms with van der Waals surface area (Å²) in [6.45, 7) is 9.50. The van der Waals surface area contributed by atoms with E-state index in [0.29, 0.717) is 11.4 Å². The van der Waals surface area contributed by atoms with E-state index in [1.54, 1.807) is 24.3 Å². The second-order valence-corrected chi connectivity index (χ2v) is 10.3. The molecule has 0 saturated heterocycles. The van der Waals surface area contributed by atoms with Crippen LogP contribution in [0.2, 0.25) is 0 Å². The molecule has 0 aliphatic carbocycles. The number of esters is 2. The first-order valence-electron chi connectivity index (χ1n) is 11.3. The monoisotopic (exact) mass is 532 g/mol. The zero-order valence-electron chi connectivity index (χ0n) is 20.8. The van der Waals surface area contributed by atoms with Crippen LogP contribution in [0.15, 0.2) is 82.6 Å². The molecule has 0 spiro atoms. The smallest absolute Gasteiger partial charge is 0.333 e. The van der Waals surface area contributed by atoms with Crippen molar-refractivity contribution in [2.75, 3.05) is 36.9 Å². The molecule has 0 aliphatic rings.